The Hall–Kier alpha value is -3.31. The molecular weight excluding hydrogens is 388 g/mol. The molecule has 3 aromatic rings. The Bertz CT molecular complexity index is 1070. The number of benzene rings is 1. The van der Waals surface area contributed by atoms with Gasteiger partial charge in [-0.15, -0.1) is 11.3 Å². The van der Waals surface area contributed by atoms with Gasteiger partial charge in [-0.3, -0.25) is 25.4 Å². The lowest BCUT2D eigenvalue weighted by molar-refractivity contribution is -0.384. The fourth-order valence-electron chi connectivity index (χ4n) is 2.51. The number of thioether (sulfide) groups is 1. The van der Waals surface area contributed by atoms with Crippen molar-refractivity contribution in [1.29, 1.82) is 5.41 Å². The number of rotatable bonds is 4. The molecule has 0 aliphatic carbocycles. The van der Waals surface area contributed by atoms with Crippen LogP contribution in [-0.2, 0) is 4.79 Å². The smallest absolute Gasteiger partial charge is 0.273 e. The Balaban J connectivity index is 1.66. The molecule has 0 spiro atoms. The second kappa shape index (κ2) is 6.78. The van der Waals surface area contributed by atoms with Gasteiger partial charge >= 0.3 is 0 Å². The highest BCUT2D eigenvalue weighted by Gasteiger charge is 2.35. The maximum Gasteiger partial charge on any atom is 0.273 e. The zero-order valence-corrected chi connectivity index (χ0v) is 15.1. The molecule has 1 aromatic carbocycles. The van der Waals surface area contributed by atoms with Crippen molar-refractivity contribution in [1.82, 2.24) is 15.2 Å². The van der Waals surface area contributed by atoms with Crippen molar-refractivity contribution >= 4 is 51.1 Å². The van der Waals surface area contributed by atoms with E-state index in [1.807, 2.05) is 0 Å². The lowest BCUT2D eigenvalue weighted by atomic mass is 10.1. The maximum absolute atomic E-state index is 12.7. The van der Waals surface area contributed by atoms with Crippen molar-refractivity contribution in [3.05, 3.63) is 62.6 Å². The molecule has 0 radical (unpaired) electrons. The minimum absolute atomic E-state index is 0.00719. The number of aromatic amines is 1. The van der Waals surface area contributed by atoms with E-state index in [0.29, 0.717) is 26.9 Å². The summed E-state index contributed by atoms with van der Waals surface area (Å²) in [4.78, 5) is 28.7. The molecule has 134 valence electrons. The largest absolute Gasteiger partial charge is 0.278 e. The number of non-ortho nitro benzene ring substituents is 1. The molecule has 0 atom stereocenters. The first-order valence-corrected chi connectivity index (χ1v) is 9.24. The van der Waals surface area contributed by atoms with Crippen LogP contribution in [0.3, 0.4) is 0 Å². The molecule has 11 heteroatoms. The molecule has 1 fully saturated rings. The molecule has 4 rings (SSSR count). The number of carbonyl (C=O) groups excluding carboxylic acids is 1. The molecule has 9 nitrogen and oxygen atoms in total. The normalized spacial score (nSPS) is 15.7. The van der Waals surface area contributed by atoms with Gasteiger partial charge in [-0.25, -0.2) is 9.88 Å². The van der Waals surface area contributed by atoms with Crippen LogP contribution in [0.5, 0.6) is 0 Å². The third-order valence-electron chi connectivity index (χ3n) is 3.76. The summed E-state index contributed by atoms with van der Waals surface area (Å²) in [6.45, 7) is 0. The zero-order valence-electron chi connectivity index (χ0n) is 13.4. The molecule has 1 saturated heterocycles. The molecule has 3 heterocycles. The number of amides is 1. The van der Waals surface area contributed by atoms with Crippen molar-refractivity contribution in [2.24, 2.45) is 0 Å². The van der Waals surface area contributed by atoms with Crippen LogP contribution in [0.15, 0.2) is 46.9 Å². The highest BCUT2D eigenvalue weighted by atomic mass is 32.2. The van der Waals surface area contributed by atoms with Gasteiger partial charge in [0, 0.05) is 34.8 Å². The van der Waals surface area contributed by atoms with Crippen LogP contribution in [-0.4, -0.2) is 31.2 Å². The zero-order chi connectivity index (χ0) is 19.0. The molecular formula is C16H10N6O3S2. The van der Waals surface area contributed by atoms with Crippen LogP contribution in [0.25, 0.3) is 17.3 Å². The fourth-order valence-corrected chi connectivity index (χ4v) is 4.05. The number of hydrogen-bond acceptors (Lipinski definition) is 8. The van der Waals surface area contributed by atoms with E-state index in [4.69, 9.17) is 5.41 Å². The molecule has 0 unspecified atom stereocenters. The van der Waals surface area contributed by atoms with Crippen molar-refractivity contribution in [2.75, 3.05) is 4.90 Å². The van der Waals surface area contributed by atoms with E-state index in [1.54, 1.807) is 36.0 Å². The molecule has 1 aliphatic rings. The lowest BCUT2D eigenvalue weighted by Gasteiger charge is -2.08. The van der Waals surface area contributed by atoms with Gasteiger partial charge in [-0.1, -0.05) is 0 Å². The monoisotopic (exact) mass is 398 g/mol. The minimum atomic E-state index is -0.466. The van der Waals surface area contributed by atoms with Crippen LogP contribution in [0.1, 0.15) is 5.56 Å². The number of amidine groups is 1. The van der Waals surface area contributed by atoms with Gasteiger partial charge in [0.15, 0.2) is 10.3 Å². The standard InChI is InChI=1S/C16H10N6O3S2/c17-15-21(16-18-5-6-26-16)14(23)12(27-15)7-10-8-19-20-13(10)9-1-3-11(4-2-9)22(24)25/h1-8,17H,(H,19,20)/b12-7-,17-15?. The first-order valence-electron chi connectivity index (χ1n) is 7.55. The van der Waals surface area contributed by atoms with Gasteiger partial charge in [0.1, 0.15) is 0 Å². The number of nitro benzene ring substituents is 1. The van der Waals surface area contributed by atoms with Crippen LogP contribution in [0, 0.1) is 15.5 Å². The molecule has 2 aromatic heterocycles. The predicted molar refractivity (Wildman–Crippen MR) is 104 cm³/mol. The Morgan fingerprint density at radius 1 is 1.30 bits per heavy atom. The van der Waals surface area contributed by atoms with E-state index in [0.717, 1.165) is 11.8 Å². The molecule has 0 saturated carbocycles. The first-order chi connectivity index (χ1) is 13.0. The van der Waals surface area contributed by atoms with E-state index in [9.17, 15) is 14.9 Å². The number of aromatic nitrogens is 3. The van der Waals surface area contributed by atoms with E-state index in [-0.39, 0.29) is 16.8 Å². The summed E-state index contributed by atoms with van der Waals surface area (Å²) in [5.74, 6) is -0.323. The van der Waals surface area contributed by atoms with Gasteiger partial charge in [0.25, 0.3) is 11.6 Å². The highest BCUT2D eigenvalue weighted by molar-refractivity contribution is 8.19. The first kappa shape index (κ1) is 17.1. The van der Waals surface area contributed by atoms with Gasteiger partial charge in [-0.05, 0) is 30.0 Å². The van der Waals surface area contributed by atoms with Crippen molar-refractivity contribution < 1.29 is 9.72 Å². The Kier molecular flexibility index (Phi) is 4.30. The second-order valence-electron chi connectivity index (χ2n) is 5.38. The SMILES string of the molecule is N=C1S/C(=C\c2cn[nH]c2-c2ccc([N+](=O)[O-])cc2)C(=O)N1c1nccs1. The quantitative estimate of drug-likeness (QED) is 0.393. The number of nitrogens with zero attached hydrogens (tertiary/aromatic N) is 4. The maximum atomic E-state index is 12.7. The van der Waals surface area contributed by atoms with Crippen molar-refractivity contribution in [3.63, 3.8) is 0 Å². The second-order valence-corrected chi connectivity index (χ2v) is 7.28. The number of hydrogen-bond donors (Lipinski definition) is 2. The van der Waals surface area contributed by atoms with Gasteiger partial charge < -0.3 is 0 Å². The van der Waals surface area contributed by atoms with Gasteiger partial charge in [-0.2, -0.15) is 5.10 Å². The van der Waals surface area contributed by atoms with Gasteiger partial charge in [0.05, 0.1) is 21.7 Å². The number of nitro groups is 1. The lowest BCUT2D eigenvalue weighted by Crippen LogP contribution is -2.27. The van der Waals surface area contributed by atoms with Crippen LogP contribution in [0.2, 0.25) is 0 Å². The van der Waals surface area contributed by atoms with Crippen LogP contribution in [0.4, 0.5) is 10.8 Å². The number of anilines is 1. The number of carbonyl (C=O) groups is 1. The Morgan fingerprint density at radius 2 is 2.07 bits per heavy atom. The third-order valence-corrected chi connectivity index (χ3v) is 5.40. The predicted octanol–water partition coefficient (Wildman–Crippen LogP) is 3.50. The van der Waals surface area contributed by atoms with E-state index < -0.39 is 4.92 Å². The number of H-pyrrole nitrogens is 1. The third kappa shape index (κ3) is 3.13. The summed E-state index contributed by atoms with van der Waals surface area (Å²) in [6.07, 6.45) is 4.79. The minimum Gasteiger partial charge on any atom is -0.278 e. The molecule has 0 bridgehead atoms. The summed E-state index contributed by atoms with van der Waals surface area (Å²) >= 11 is 2.33. The average molecular weight is 398 g/mol. The van der Waals surface area contributed by atoms with E-state index in [2.05, 4.69) is 15.2 Å². The summed E-state index contributed by atoms with van der Waals surface area (Å²) in [5.41, 5.74) is 1.97. The Morgan fingerprint density at radius 3 is 2.74 bits per heavy atom. The van der Waals surface area contributed by atoms with Crippen LogP contribution < -0.4 is 4.90 Å². The average Bonchev–Trinajstić information content (AvgIpc) is 3.37. The number of nitrogens with one attached hydrogen (secondary N) is 2. The summed E-state index contributed by atoms with van der Waals surface area (Å²) in [7, 11) is 0. The van der Waals surface area contributed by atoms with Gasteiger partial charge in [0.2, 0.25) is 0 Å². The number of thiazole rings is 1. The Labute approximate surface area is 160 Å². The van der Waals surface area contributed by atoms with Crippen molar-refractivity contribution in [2.45, 2.75) is 0 Å². The highest BCUT2D eigenvalue weighted by Crippen LogP contribution is 2.37. The van der Waals surface area contributed by atoms with Crippen molar-refractivity contribution in [3.8, 4) is 11.3 Å². The van der Waals surface area contributed by atoms with E-state index in [1.165, 1.54) is 28.4 Å². The molecule has 27 heavy (non-hydrogen) atoms. The summed E-state index contributed by atoms with van der Waals surface area (Å²) < 4.78 is 0. The summed E-state index contributed by atoms with van der Waals surface area (Å²) in [6, 6.07) is 6.03. The van der Waals surface area contributed by atoms with E-state index >= 15 is 0 Å². The molecule has 2 N–H and O–H groups in total. The topological polar surface area (TPSA) is 129 Å². The molecule has 1 aliphatic heterocycles. The van der Waals surface area contributed by atoms with Crippen LogP contribution >= 0.6 is 23.1 Å². The fraction of sp³-hybridized carbons (Fsp3) is 0. The summed E-state index contributed by atoms with van der Waals surface area (Å²) in [5, 5.41) is 28.0. The molecule has 1 amide bonds.